The van der Waals surface area contributed by atoms with Crippen LogP contribution in [0.15, 0.2) is 24.3 Å². The van der Waals surface area contributed by atoms with Crippen LogP contribution in [0.3, 0.4) is 0 Å². The molecule has 0 atom stereocenters. The zero-order valence-corrected chi connectivity index (χ0v) is 7.73. The Balaban J connectivity index is 2.72. The summed E-state index contributed by atoms with van der Waals surface area (Å²) in [6.07, 6.45) is -4.49. The number of alkyl halides is 3. The van der Waals surface area contributed by atoms with Crippen LogP contribution < -0.4 is 0 Å². The number of nitro benzene ring substituents is 1. The molecule has 0 aliphatic rings. The molecule has 7 heteroatoms. The highest BCUT2D eigenvalue weighted by molar-refractivity contribution is 5.39. The quantitative estimate of drug-likeness (QED) is 0.423. The standard InChI is InChI=1S/C9H5F3N2O2/c10-9(11,12)6-13-5-7-1-3-8(4-2-7)14(15)16/h1-4,6H. The summed E-state index contributed by atoms with van der Waals surface area (Å²) in [6.45, 7) is -0.214. The molecule has 0 unspecified atom stereocenters. The number of halogens is 3. The van der Waals surface area contributed by atoms with Crippen LogP contribution in [-0.2, 0) is 0 Å². The maximum absolute atomic E-state index is 11.6. The molecule has 1 rings (SSSR count). The predicted octanol–water partition coefficient (Wildman–Crippen LogP) is 3.00. The minimum atomic E-state index is -4.49. The van der Waals surface area contributed by atoms with E-state index in [2.05, 4.69) is 10.9 Å². The Morgan fingerprint density at radius 3 is 2.31 bits per heavy atom. The normalized spacial score (nSPS) is 10.2. The lowest BCUT2D eigenvalue weighted by atomic mass is 10.2. The summed E-state index contributed by atoms with van der Waals surface area (Å²) in [7, 11) is 0. The monoisotopic (exact) mass is 230 g/mol. The molecule has 0 amide bonds. The number of non-ortho nitro benzene ring substituents is 1. The van der Waals surface area contributed by atoms with E-state index in [0.717, 1.165) is 12.1 Å². The summed E-state index contributed by atoms with van der Waals surface area (Å²) in [5.41, 5.74) is 0.0800. The summed E-state index contributed by atoms with van der Waals surface area (Å²) < 4.78 is 34.9. The molecule has 84 valence electrons. The molecule has 0 aliphatic heterocycles. The molecule has 0 saturated carbocycles. The van der Waals surface area contributed by atoms with Crippen LogP contribution in [0.5, 0.6) is 0 Å². The van der Waals surface area contributed by atoms with Crippen LogP contribution in [0.25, 0.3) is 4.85 Å². The van der Waals surface area contributed by atoms with Crippen molar-refractivity contribution in [2.45, 2.75) is 6.18 Å². The van der Waals surface area contributed by atoms with Gasteiger partial charge in [-0.1, -0.05) is 12.1 Å². The van der Waals surface area contributed by atoms with E-state index < -0.39 is 11.1 Å². The molecule has 0 N–H and O–H groups in total. The van der Waals surface area contributed by atoms with Crippen LogP contribution >= 0.6 is 0 Å². The van der Waals surface area contributed by atoms with Crippen LogP contribution in [0.4, 0.5) is 18.9 Å². The smallest absolute Gasteiger partial charge is 0.258 e. The van der Waals surface area contributed by atoms with Crippen molar-refractivity contribution in [3.63, 3.8) is 0 Å². The molecule has 1 aromatic carbocycles. The average molecular weight is 230 g/mol. The molecule has 0 aliphatic carbocycles. The molecule has 1 aromatic rings. The van der Waals surface area contributed by atoms with Gasteiger partial charge in [-0.2, -0.15) is 13.2 Å². The molecule has 4 nitrogen and oxygen atoms in total. The Labute approximate surface area is 88.3 Å². The van der Waals surface area contributed by atoms with Crippen molar-refractivity contribution in [1.82, 2.24) is 0 Å². The summed E-state index contributed by atoms with van der Waals surface area (Å²) in [5.74, 6) is 0. The van der Waals surface area contributed by atoms with Gasteiger partial charge in [-0.05, 0) is 5.56 Å². The Bertz CT molecular complexity index is 443. The van der Waals surface area contributed by atoms with Crippen LogP contribution in [0, 0.1) is 22.7 Å². The van der Waals surface area contributed by atoms with E-state index in [1.807, 2.05) is 0 Å². The summed E-state index contributed by atoms with van der Waals surface area (Å²) >= 11 is 0. The van der Waals surface area contributed by atoms with E-state index in [0.29, 0.717) is 0 Å². The molecular weight excluding hydrogens is 225 g/mol. The first-order valence-corrected chi connectivity index (χ1v) is 4.00. The molecule has 0 aromatic heterocycles. The molecule has 16 heavy (non-hydrogen) atoms. The van der Waals surface area contributed by atoms with E-state index in [1.165, 1.54) is 12.1 Å². The van der Waals surface area contributed by atoms with E-state index in [1.54, 1.807) is 0 Å². The Morgan fingerprint density at radius 2 is 1.88 bits per heavy atom. The summed E-state index contributed by atoms with van der Waals surface area (Å²) in [6, 6.07) is 6.92. The fourth-order valence-corrected chi connectivity index (χ4v) is 0.838. The minimum Gasteiger partial charge on any atom is -0.258 e. The first-order chi connectivity index (χ1) is 7.38. The number of nitrogens with zero attached hydrogens (tertiary/aromatic N) is 2. The van der Waals surface area contributed by atoms with E-state index in [9.17, 15) is 23.3 Å². The van der Waals surface area contributed by atoms with Gasteiger partial charge in [0.1, 0.15) is 0 Å². The number of benzene rings is 1. The van der Waals surface area contributed by atoms with Crippen LogP contribution in [0.1, 0.15) is 5.56 Å². The van der Waals surface area contributed by atoms with Gasteiger partial charge in [0.2, 0.25) is 6.54 Å². The van der Waals surface area contributed by atoms with Gasteiger partial charge in [0.25, 0.3) is 5.69 Å². The van der Waals surface area contributed by atoms with Crippen LogP contribution in [-0.4, -0.2) is 11.1 Å². The Morgan fingerprint density at radius 1 is 1.31 bits per heavy atom. The zero-order chi connectivity index (χ0) is 12.2. The highest BCUT2D eigenvalue weighted by atomic mass is 19.4. The van der Waals surface area contributed by atoms with E-state index >= 15 is 0 Å². The maximum Gasteiger partial charge on any atom is 0.413 e. The zero-order valence-electron chi connectivity index (χ0n) is 7.73. The number of nitro groups is 1. The average Bonchev–Trinajstić information content (AvgIpc) is 2.16. The second kappa shape index (κ2) is 4.53. The van der Waals surface area contributed by atoms with Crippen molar-refractivity contribution in [2.75, 3.05) is 0 Å². The lowest BCUT2D eigenvalue weighted by Gasteiger charge is -1.96. The number of hydrogen-bond acceptors (Lipinski definition) is 2. The van der Waals surface area contributed by atoms with Crippen molar-refractivity contribution in [3.8, 4) is 6.07 Å². The highest BCUT2D eigenvalue weighted by Crippen LogP contribution is 2.19. The van der Waals surface area contributed by atoms with Crippen molar-refractivity contribution >= 4 is 5.69 Å². The third kappa shape index (κ3) is 3.88. The fourth-order valence-electron chi connectivity index (χ4n) is 0.838. The second-order valence-corrected chi connectivity index (χ2v) is 2.72. The van der Waals surface area contributed by atoms with Crippen molar-refractivity contribution in [2.24, 2.45) is 0 Å². The van der Waals surface area contributed by atoms with Gasteiger partial charge in [-0.3, -0.25) is 10.1 Å². The van der Waals surface area contributed by atoms with Gasteiger partial charge in [-0.15, -0.1) is 0 Å². The Hall–Kier alpha value is -2.23. The maximum atomic E-state index is 11.6. The van der Waals surface area contributed by atoms with Gasteiger partial charge in [-0.25, -0.2) is 4.85 Å². The van der Waals surface area contributed by atoms with Gasteiger partial charge in [0.15, 0.2) is 0 Å². The summed E-state index contributed by atoms with van der Waals surface area (Å²) in [5, 5.41) is 10.3. The SMILES string of the molecule is O=[N+]([O-])c1ccc(C#[N+][CH-]C(F)(F)F)cc1. The van der Waals surface area contributed by atoms with Gasteiger partial charge < -0.3 is 0 Å². The topological polar surface area (TPSA) is 47.5 Å². The van der Waals surface area contributed by atoms with Gasteiger partial charge in [0.05, 0.1) is 11.0 Å². The lowest BCUT2D eigenvalue weighted by molar-refractivity contribution is -0.384. The molecule has 0 spiro atoms. The number of rotatable bonds is 1. The lowest BCUT2D eigenvalue weighted by Crippen LogP contribution is -2.04. The molecule has 0 fully saturated rings. The van der Waals surface area contributed by atoms with Crippen molar-refractivity contribution < 1.29 is 18.1 Å². The number of hydrogen-bond donors (Lipinski definition) is 0. The van der Waals surface area contributed by atoms with Crippen LogP contribution in [0.2, 0.25) is 0 Å². The fraction of sp³-hybridized carbons (Fsp3) is 0.111. The van der Waals surface area contributed by atoms with Gasteiger partial charge >= 0.3 is 6.18 Å². The largest absolute Gasteiger partial charge is 0.413 e. The highest BCUT2D eigenvalue weighted by Gasteiger charge is 2.27. The molecule has 0 radical (unpaired) electrons. The second-order valence-electron chi connectivity index (χ2n) is 2.72. The molecule has 0 heterocycles. The Kier molecular flexibility index (Phi) is 3.35. The predicted molar refractivity (Wildman–Crippen MR) is 49.8 cm³/mol. The minimum absolute atomic E-state index is 0.148. The third-order valence-electron chi connectivity index (χ3n) is 1.48. The molecule has 0 saturated heterocycles. The van der Waals surface area contributed by atoms with Gasteiger partial charge in [0, 0.05) is 12.1 Å². The summed E-state index contributed by atoms with van der Waals surface area (Å²) in [4.78, 5) is 12.6. The molecular formula is C9H5F3N2O2. The van der Waals surface area contributed by atoms with E-state index in [4.69, 9.17) is 0 Å². The third-order valence-corrected chi connectivity index (χ3v) is 1.48. The molecule has 0 bridgehead atoms. The first-order valence-electron chi connectivity index (χ1n) is 4.00. The van der Waals surface area contributed by atoms with E-state index in [-0.39, 0.29) is 17.8 Å². The van der Waals surface area contributed by atoms with Crippen molar-refractivity contribution in [3.05, 3.63) is 51.3 Å². The van der Waals surface area contributed by atoms with Crippen molar-refractivity contribution in [1.29, 1.82) is 0 Å². The first kappa shape index (κ1) is 11.8.